The molecule has 2 heterocycles. The van der Waals surface area contributed by atoms with E-state index >= 15 is 0 Å². The van der Waals surface area contributed by atoms with E-state index in [0.717, 1.165) is 41.6 Å². The molecule has 20 heavy (non-hydrogen) atoms. The number of morpholine rings is 1. The van der Waals surface area contributed by atoms with Crippen LogP contribution in [-0.4, -0.2) is 36.6 Å². The third kappa shape index (κ3) is 3.04. The molecule has 112 valence electrons. The monoisotopic (exact) mass is 296 g/mol. The molecule has 2 rings (SSSR count). The molecule has 1 aliphatic heterocycles. The van der Waals surface area contributed by atoms with Gasteiger partial charge in [0.15, 0.2) is 11.4 Å². The number of nitrogens with zero attached hydrogens (tertiary/aromatic N) is 2. The molecule has 5 heteroatoms. The summed E-state index contributed by atoms with van der Waals surface area (Å²) < 4.78 is 5.73. The average Bonchev–Trinajstić information content (AvgIpc) is 2.82. The number of carbonyl (C=O) groups is 1. The van der Waals surface area contributed by atoms with Gasteiger partial charge in [0.1, 0.15) is 0 Å². The van der Waals surface area contributed by atoms with Crippen molar-refractivity contribution in [2.24, 2.45) is 0 Å². The smallest absolute Gasteiger partial charge is 0.186 e. The van der Waals surface area contributed by atoms with Gasteiger partial charge in [-0.2, -0.15) is 0 Å². The Kier molecular flexibility index (Phi) is 4.49. The van der Waals surface area contributed by atoms with Gasteiger partial charge in [0, 0.05) is 12.0 Å². The molecule has 0 N–H and O–H groups in total. The van der Waals surface area contributed by atoms with Gasteiger partial charge < -0.3 is 9.64 Å². The minimum atomic E-state index is -0.107. The highest BCUT2D eigenvalue weighted by atomic mass is 32.1. The third-order valence-electron chi connectivity index (χ3n) is 3.64. The van der Waals surface area contributed by atoms with Crippen LogP contribution in [0.4, 0.5) is 5.13 Å². The normalized spacial score (nSPS) is 23.9. The summed E-state index contributed by atoms with van der Waals surface area (Å²) in [7, 11) is 0. The van der Waals surface area contributed by atoms with Crippen molar-refractivity contribution < 1.29 is 9.53 Å². The fourth-order valence-electron chi connectivity index (χ4n) is 2.48. The van der Waals surface area contributed by atoms with Crippen molar-refractivity contribution in [1.82, 2.24) is 4.98 Å². The quantitative estimate of drug-likeness (QED) is 0.803. The molecular weight excluding hydrogens is 272 g/mol. The minimum absolute atomic E-state index is 0.107. The second kappa shape index (κ2) is 5.82. The van der Waals surface area contributed by atoms with E-state index in [1.54, 1.807) is 0 Å². The summed E-state index contributed by atoms with van der Waals surface area (Å²) in [5, 5.41) is 0.957. The summed E-state index contributed by atoms with van der Waals surface area (Å²) in [6.07, 6.45) is 2.17. The number of hydrogen-bond acceptors (Lipinski definition) is 5. The lowest BCUT2D eigenvalue weighted by molar-refractivity contribution is 0.0299. The summed E-state index contributed by atoms with van der Waals surface area (Å²) in [6.45, 7) is 12.1. The Morgan fingerprint density at radius 3 is 2.70 bits per heavy atom. The van der Waals surface area contributed by atoms with E-state index in [9.17, 15) is 4.79 Å². The second-order valence-electron chi connectivity index (χ2n) is 6.44. The Labute approximate surface area is 125 Å². The molecule has 0 aromatic carbocycles. The Balaban J connectivity index is 2.36. The van der Waals surface area contributed by atoms with Crippen LogP contribution in [0.3, 0.4) is 0 Å². The number of aldehydes is 1. The maximum absolute atomic E-state index is 11.3. The lowest BCUT2D eigenvalue weighted by Crippen LogP contribution is -2.48. The Morgan fingerprint density at radius 1 is 1.50 bits per heavy atom. The molecule has 0 amide bonds. The Hall–Kier alpha value is -0.940. The first kappa shape index (κ1) is 15.4. The van der Waals surface area contributed by atoms with E-state index < -0.39 is 0 Å². The lowest BCUT2D eigenvalue weighted by atomic mass is 9.91. The summed E-state index contributed by atoms with van der Waals surface area (Å²) >= 11 is 1.51. The molecule has 0 bridgehead atoms. The van der Waals surface area contributed by atoms with E-state index in [2.05, 4.69) is 39.5 Å². The molecule has 1 aromatic rings. The lowest BCUT2D eigenvalue weighted by Gasteiger charge is -2.38. The number of thiazole rings is 1. The van der Waals surface area contributed by atoms with E-state index in [0.29, 0.717) is 6.04 Å². The molecule has 4 nitrogen and oxygen atoms in total. The van der Waals surface area contributed by atoms with Gasteiger partial charge in [0.2, 0.25) is 0 Å². The molecule has 2 atom stereocenters. The van der Waals surface area contributed by atoms with Gasteiger partial charge in [-0.15, -0.1) is 0 Å². The topological polar surface area (TPSA) is 42.4 Å². The van der Waals surface area contributed by atoms with Crippen molar-refractivity contribution in [1.29, 1.82) is 0 Å². The van der Waals surface area contributed by atoms with Crippen molar-refractivity contribution in [3.8, 4) is 0 Å². The van der Waals surface area contributed by atoms with Crippen molar-refractivity contribution >= 4 is 22.8 Å². The van der Waals surface area contributed by atoms with Gasteiger partial charge >= 0.3 is 0 Å². The number of anilines is 1. The number of aromatic nitrogens is 1. The van der Waals surface area contributed by atoms with Crippen molar-refractivity contribution in [2.75, 3.05) is 18.1 Å². The summed E-state index contributed by atoms with van der Waals surface area (Å²) in [4.78, 5) is 19.1. The van der Waals surface area contributed by atoms with Crippen molar-refractivity contribution in [3.63, 3.8) is 0 Å². The molecule has 1 aliphatic rings. The van der Waals surface area contributed by atoms with Gasteiger partial charge in [-0.25, -0.2) is 4.98 Å². The fraction of sp³-hybridized carbons (Fsp3) is 0.733. The predicted octanol–water partition coefficient (Wildman–Crippen LogP) is 3.26. The van der Waals surface area contributed by atoms with Crippen LogP contribution in [0.1, 0.15) is 56.4 Å². The SMILES string of the molecule is CCC1COC(C)CN1c1nc(C(C)(C)C)c(C=O)s1. The van der Waals surface area contributed by atoms with Crippen LogP contribution in [0, 0.1) is 0 Å². The largest absolute Gasteiger partial charge is 0.375 e. The molecule has 1 saturated heterocycles. The minimum Gasteiger partial charge on any atom is -0.375 e. The molecular formula is C15H24N2O2S. The van der Waals surface area contributed by atoms with Crippen LogP contribution in [0.5, 0.6) is 0 Å². The van der Waals surface area contributed by atoms with Crippen LogP contribution in [0.2, 0.25) is 0 Å². The van der Waals surface area contributed by atoms with Crippen molar-refractivity contribution in [3.05, 3.63) is 10.6 Å². The second-order valence-corrected chi connectivity index (χ2v) is 7.44. The zero-order valence-electron chi connectivity index (χ0n) is 13.0. The van der Waals surface area contributed by atoms with Crippen LogP contribution in [-0.2, 0) is 10.2 Å². The zero-order chi connectivity index (χ0) is 14.9. The van der Waals surface area contributed by atoms with Gasteiger partial charge in [0.05, 0.1) is 29.3 Å². The van der Waals surface area contributed by atoms with E-state index in [4.69, 9.17) is 9.72 Å². The Bertz CT molecular complexity index is 479. The highest BCUT2D eigenvalue weighted by Gasteiger charge is 2.30. The summed E-state index contributed by atoms with van der Waals surface area (Å²) in [6, 6.07) is 0.352. The van der Waals surface area contributed by atoms with Gasteiger partial charge in [-0.3, -0.25) is 4.79 Å². The molecule has 0 radical (unpaired) electrons. The zero-order valence-corrected chi connectivity index (χ0v) is 13.8. The molecule has 1 fully saturated rings. The molecule has 0 saturated carbocycles. The Morgan fingerprint density at radius 2 is 2.20 bits per heavy atom. The third-order valence-corrected chi connectivity index (χ3v) is 4.66. The van der Waals surface area contributed by atoms with E-state index in [1.807, 2.05) is 0 Å². The first-order chi connectivity index (χ1) is 9.36. The van der Waals surface area contributed by atoms with Gasteiger partial charge in [-0.1, -0.05) is 39.0 Å². The van der Waals surface area contributed by atoms with Crippen molar-refractivity contribution in [2.45, 2.75) is 58.6 Å². The fourth-order valence-corrected chi connectivity index (χ4v) is 3.65. The first-order valence-corrected chi connectivity index (χ1v) is 8.03. The number of hydrogen-bond donors (Lipinski definition) is 0. The molecule has 1 aromatic heterocycles. The first-order valence-electron chi connectivity index (χ1n) is 7.21. The molecule has 0 spiro atoms. The average molecular weight is 296 g/mol. The maximum Gasteiger partial charge on any atom is 0.186 e. The highest BCUT2D eigenvalue weighted by molar-refractivity contribution is 7.17. The summed E-state index contributed by atoms with van der Waals surface area (Å²) in [5.74, 6) is 0. The molecule has 0 aliphatic carbocycles. The van der Waals surface area contributed by atoms with E-state index in [1.165, 1.54) is 11.3 Å². The van der Waals surface area contributed by atoms with E-state index in [-0.39, 0.29) is 11.5 Å². The number of ether oxygens (including phenoxy) is 1. The van der Waals surface area contributed by atoms with Crippen LogP contribution >= 0.6 is 11.3 Å². The van der Waals surface area contributed by atoms with Crippen LogP contribution in [0.25, 0.3) is 0 Å². The van der Waals surface area contributed by atoms with Crippen LogP contribution < -0.4 is 4.90 Å². The number of carbonyl (C=O) groups excluding carboxylic acids is 1. The maximum atomic E-state index is 11.3. The van der Waals surface area contributed by atoms with Gasteiger partial charge in [0.25, 0.3) is 0 Å². The molecule has 2 unspecified atom stereocenters. The predicted molar refractivity (Wildman–Crippen MR) is 83.0 cm³/mol. The van der Waals surface area contributed by atoms with Gasteiger partial charge in [-0.05, 0) is 13.3 Å². The van der Waals surface area contributed by atoms with Crippen LogP contribution in [0.15, 0.2) is 0 Å². The number of rotatable bonds is 3. The highest BCUT2D eigenvalue weighted by Crippen LogP contribution is 2.34. The summed E-state index contributed by atoms with van der Waals surface area (Å²) in [5.41, 5.74) is 0.798. The standard InChI is InChI=1S/C15H24N2O2S/c1-6-11-9-19-10(2)7-17(11)14-16-13(15(3,4)5)12(8-18)20-14/h8,10-11H,6-7,9H2,1-5H3.